The van der Waals surface area contributed by atoms with Crippen molar-refractivity contribution in [2.24, 2.45) is 0 Å². The summed E-state index contributed by atoms with van der Waals surface area (Å²) in [6.45, 7) is 4.66. The highest BCUT2D eigenvalue weighted by Crippen LogP contribution is 2.31. The Hall–Kier alpha value is -1.06. The van der Waals surface area contributed by atoms with Gasteiger partial charge in [0.2, 0.25) is 0 Å². The molecular weight excluding hydrogens is 190 g/mol. The molecule has 3 heteroatoms. The van der Waals surface area contributed by atoms with E-state index >= 15 is 0 Å². The van der Waals surface area contributed by atoms with Gasteiger partial charge in [-0.15, -0.1) is 0 Å². The molecule has 0 aliphatic carbocycles. The van der Waals surface area contributed by atoms with E-state index in [9.17, 15) is 0 Å². The number of aryl methyl sites for hydroxylation is 1. The van der Waals surface area contributed by atoms with E-state index in [2.05, 4.69) is 18.3 Å². The van der Waals surface area contributed by atoms with Gasteiger partial charge >= 0.3 is 0 Å². The first-order chi connectivity index (χ1) is 7.33. The Morgan fingerprint density at radius 2 is 2.33 bits per heavy atom. The van der Waals surface area contributed by atoms with Crippen LogP contribution in [-0.4, -0.2) is 26.8 Å². The van der Waals surface area contributed by atoms with E-state index in [1.807, 2.05) is 12.1 Å². The molecule has 82 valence electrons. The van der Waals surface area contributed by atoms with Crippen LogP contribution in [0.15, 0.2) is 18.2 Å². The summed E-state index contributed by atoms with van der Waals surface area (Å²) in [5.41, 5.74) is 2.40. The van der Waals surface area contributed by atoms with Gasteiger partial charge < -0.3 is 14.8 Å². The first-order valence-corrected chi connectivity index (χ1v) is 5.28. The van der Waals surface area contributed by atoms with Crippen molar-refractivity contribution in [2.75, 3.05) is 26.8 Å². The number of rotatable bonds is 2. The number of hydrogen-bond acceptors (Lipinski definition) is 3. The molecule has 1 saturated heterocycles. The summed E-state index contributed by atoms with van der Waals surface area (Å²) in [5, 5.41) is 3.33. The van der Waals surface area contributed by atoms with Gasteiger partial charge in [0.25, 0.3) is 0 Å². The smallest absolute Gasteiger partial charge is 0.124 e. The van der Waals surface area contributed by atoms with Gasteiger partial charge in [-0.1, -0.05) is 12.1 Å². The van der Waals surface area contributed by atoms with Crippen LogP contribution in [0.4, 0.5) is 0 Å². The minimum absolute atomic E-state index is 0.120. The Labute approximate surface area is 90.4 Å². The molecule has 0 aromatic heterocycles. The van der Waals surface area contributed by atoms with E-state index in [4.69, 9.17) is 9.47 Å². The third-order valence-corrected chi connectivity index (χ3v) is 2.75. The first kappa shape index (κ1) is 10.5. The van der Waals surface area contributed by atoms with E-state index in [0.717, 1.165) is 25.4 Å². The molecule has 1 atom stereocenters. The topological polar surface area (TPSA) is 30.5 Å². The molecular formula is C12H17NO2. The van der Waals surface area contributed by atoms with Gasteiger partial charge in [-0.05, 0) is 18.6 Å². The maximum absolute atomic E-state index is 5.74. The fourth-order valence-electron chi connectivity index (χ4n) is 2.00. The van der Waals surface area contributed by atoms with Crippen LogP contribution in [0.2, 0.25) is 0 Å². The zero-order valence-corrected chi connectivity index (χ0v) is 9.25. The van der Waals surface area contributed by atoms with Crippen LogP contribution in [0, 0.1) is 6.92 Å². The van der Waals surface area contributed by atoms with E-state index in [1.54, 1.807) is 7.11 Å². The second-order valence-electron chi connectivity index (χ2n) is 3.75. The van der Waals surface area contributed by atoms with Crippen LogP contribution in [0.3, 0.4) is 0 Å². The lowest BCUT2D eigenvalue weighted by molar-refractivity contribution is 0.0259. The zero-order chi connectivity index (χ0) is 10.7. The third-order valence-electron chi connectivity index (χ3n) is 2.75. The summed E-state index contributed by atoms with van der Waals surface area (Å²) in [6, 6.07) is 6.09. The molecule has 1 unspecified atom stereocenters. The maximum atomic E-state index is 5.74. The summed E-state index contributed by atoms with van der Waals surface area (Å²) in [5.74, 6) is 0.920. The number of ether oxygens (including phenoxy) is 2. The van der Waals surface area contributed by atoms with E-state index < -0.39 is 0 Å². The van der Waals surface area contributed by atoms with Gasteiger partial charge in [-0.2, -0.15) is 0 Å². The molecule has 0 radical (unpaired) electrons. The maximum Gasteiger partial charge on any atom is 0.124 e. The molecule has 1 aliphatic rings. The molecule has 3 nitrogen and oxygen atoms in total. The average Bonchev–Trinajstić information content (AvgIpc) is 2.29. The fraction of sp³-hybridized carbons (Fsp3) is 0.500. The van der Waals surface area contributed by atoms with Crippen molar-refractivity contribution < 1.29 is 9.47 Å². The van der Waals surface area contributed by atoms with Crippen molar-refractivity contribution in [1.82, 2.24) is 5.32 Å². The molecule has 1 N–H and O–H groups in total. The first-order valence-electron chi connectivity index (χ1n) is 5.28. The van der Waals surface area contributed by atoms with Crippen molar-refractivity contribution in [1.29, 1.82) is 0 Å². The fourth-order valence-corrected chi connectivity index (χ4v) is 2.00. The summed E-state index contributed by atoms with van der Waals surface area (Å²) < 4.78 is 11.1. The van der Waals surface area contributed by atoms with Gasteiger partial charge in [0, 0.05) is 18.7 Å². The predicted octanol–water partition coefficient (Wildman–Crippen LogP) is 1.66. The SMILES string of the molecule is COc1cccc(C)c1C1CNCCO1. The zero-order valence-electron chi connectivity index (χ0n) is 9.25. The minimum atomic E-state index is 0.120. The van der Waals surface area contributed by atoms with Gasteiger partial charge in [-0.3, -0.25) is 0 Å². The molecule has 1 aliphatic heterocycles. The number of nitrogens with one attached hydrogen (secondary N) is 1. The number of methoxy groups -OCH3 is 1. The van der Waals surface area contributed by atoms with Crippen LogP contribution in [-0.2, 0) is 4.74 Å². The molecule has 0 amide bonds. The Morgan fingerprint density at radius 3 is 3.00 bits per heavy atom. The molecule has 2 rings (SSSR count). The van der Waals surface area contributed by atoms with Crippen molar-refractivity contribution in [3.63, 3.8) is 0 Å². The lowest BCUT2D eigenvalue weighted by Crippen LogP contribution is -2.33. The van der Waals surface area contributed by atoms with Gasteiger partial charge in [0.15, 0.2) is 0 Å². The second kappa shape index (κ2) is 4.64. The Kier molecular flexibility index (Phi) is 3.23. The normalized spacial score (nSPS) is 21.3. The summed E-state index contributed by atoms with van der Waals surface area (Å²) in [4.78, 5) is 0. The summed E-state index contributed by atoms with van der Waals surface area (Å²) in [6.07, 6.45) is 0.120. The van der Waals surface area contributed by atoms with Crippen LogP contribution in [0.5, 0.6) is 5.75 Å². The lowest BCUT2D eigenvalue weighted by Gasteiger charge is -2.26. The standard InChI is InChI=1S/C12H17NO2/c1-9-4-3-5-10(14-2)12(9)11-8-13-6-7-15-11/h3-5,11,13H,6-8H2,1-2H3. The van der Waals surface area contributed by atoms with E-state index in [-0.39, 0.29) is 6.10 Å². The van der Waals surface area contributed by atoms with Crippen LogP contribution < -0.4 is 10.1 Å². The van der Waals surface area contributed by atoms with Gasteiger partial charge in [0.05, 0.1) is 19.8 Å². The number of benzene rings is 1. The lowest BCUT2D eigenvalue weighted by atomic mass is 10.0. The highest BCUT2D eigenvalue weighted by Gasteiger charge is 2.20. The molecule has 15 heavy (non-hydrogen) atoms. The van der Waals surface area contributed by atoms with E-state index in [1.165, 1.54) is 11.1 Å². The van der Waals surface area contributed by atoms with Crippen molar-refractivity contribution in [3.05, 3.63) is 29.3 Å². The quantitative estimate of drug-likeness (QED) is 0.800. The number of morpholine rings is 1. The molecule has 1 aromatic carbocycles. The Balaban J connectivity index is 2.31. The summed E-state index contributed by atoms with van der Waals surface area (Å²) in [7, 11) is 1.70. The average molecular weight is 207 g/mol. The molecule has 1 aromatic rings. The predicted molar refractivity (Wildman–Crippen MR) is 59.3 cm³/mol. The second-order valence-corrected chi connectivity index (χ2v) is 3.75. The van der Waals surface area contributed by atoms with Crippen LogP contribution >= 0.6 is 0 Å². The monoisotopic (exact) mass is 207 g/mol. The Morgan fingerprint density at radius 1 is 1.47 bits per heavy atom. The number of hydrogen-bond donors (Lipinski definition) is 1. The van der Waals surface area contributed by atoms with Gasteiger partial charge in [0.1, 0.15) is 5.75 Å². The van der Waals surface area contributed by atoms with Crippen LogP contribution in [0.1, 0.15) is 17.2 Å². The van der Waals surface area contributed by atoms with E-state index in [0.29, 0.717) is 0 Å². The van der Waals surface area contributed by atoms with Crippen molar-refractivity contribution in [2.45, 2.75) is 13.0 Å². The van der Waals surface area contributed by atoms with Gasteiger partial charge in [-0.25, -0.2) is 0 Å². The van der Waals surface area contributed by atoms with Crippen LogP contribution in [0.25, 0.3) is 0 Å². The third kappa shape index (κ3) is 2.13. The molecule has 0 saturated carbocycles. The molecule has 0 spiro atoms. The minimum Gasteiger partial charge on any atom is -0.496 e. The highest BCUT2D eigenvalue weighted by atomic mass is 16.5. The molecule has 1 heterocycles. The van der Waals surface area contributed by atoms with Crippen molar-refractivity contribution >= 4 is 0 Å². The van der Waals surface area contributed by atoms with Crippen molar-refractivity contribution in [3.8, 4) is 5.75 Å². The molecule has 1 fully saturated rings. The molecule has 0 bridgehead atoms. The summed E-state index contributed by atoms with van der Waals surface area (Å²) >= 11 is 0. The highest BCUT2D eigenvalue weighted by molar-refractivity contribution is 5.41. The largest absolute Gasteiger partial charge is 0.496 e. The Bertz CT molecular complexity index is 332.